The van der Waals surface area contributed by atoms with Crippen LogP contribution in [0.5, 0.6) is 0 Å². The Bertz CT molecular complexity index is 3920. The van der Waals surface area contributed by atoms with E-state index < -0.39 is 0 Å². The normalized spacial score (nSPS) is 11.4. The highest BCUT2D eigenvalue weighted by atomic mass is 15.1. The van der Waals surface area contributed by atoms with E-state index in [4.69, 9.17) is 0 Å². The fourth-order valence-corrected chi connectivity index (χ4v) is 10.1. The second-order valence-corrected chi connectivity index (χ2v) is 16.7. The smallest absolute Gasteiger partial charge is 0.0991 e. The van der Waals surface area contributed by atoms with Crippen molar-refractivity contribution >= 4 is 81.7 Å². The molecule has 300 valence electrons. The summed E-state index contributed by atoms with van der Waals surface area (Å²) in [7, 11) is 0. The van der Waals surface area contributed by atoms with Crippen LogP contribution in [0.1, 0.15) is 11.1 Å². The van der Waals surface area contributed by atoms with Gasteiger partial charge in [-0.1, -0.05) is 152 Å². The molecule has 3 nitrogen and oxygen atoms in total. The van der Waals surface area contributed by atoms with E-state index in [-0.39, 0.29) is 0 Å². The van der Waals surface area contributed by atoms with E-state index in [9.17, 15) is 10.5 Å². The van der Waals surface area contributed by atoms with Crippen molar-refractivity contribution in [1.82, 2.24) is 0 Å². The second-order valence-electron chi connectivity index (χ2n) is 16.7. The van der Waals surface area contributed by atoms with Crippen LogP contribution >= 0.6 is 0 Å². The standard InChI is InChI=1S/C62H37N3/c63-38-40-24-26-45-34-47(30-28-43(45)32-40)59-52-21-11-12-22-53(52)60(48-31-29-44-33-41(39-64)25-27-46(44)35-48)58-37-56-55(36-57(58)59)51-20-10-13-23-54(51)62(61(56)42-14-4-1-5-15-42)65(49-16-6-2-7-17-49)50-18-8-3-9-19-50/h1-37H. The molecular formula is C62H37N3. The first-order valence-electron chi connectivity index (χ1n) is 21.9. The van der Waals surface area contributed by atoms with E-state index in [0.29, 0.717) is 11.1 Å². The number of hydrogen-bond acceptors (Lipinski definition) is 3. The van der Waals surface area contributed by atoms with E-state index >= 15 is 0 Å². The maximum absolute atomic E-state index is 9.74. The number of nitriles is 2. The summed E-state index contributed by atoms with van der Waals surface area (Å²) in [6.45, 7) is 0. The molecular weight excluding hydrogens is 787 g/mol. The molecule has 12 rings (SSSR count). The first kappa shape index (κ1) is 37.7. The van der Waals surface area contributed by atoms with Gasteiger partial charge in [0.15, 0.2) is 0 Å². The lowest BCUT2D eigenvalue weighted by molar-refractivity contribution is 1.30. The Hall–Kier alpha value is -9.02. The predicted octanol–water partition coefficient (Wildman–Crippen LogP) is 16.8. The third-order valence-corrected chi connectivity index (χ3v) is 13.0. The fraction of sp³-hybridized carbons (Fsp3) is 0. The molecule has 0 spiro atoms. The molecule has 12 aromatic carbocycles. The number of benzene rings is 12. The zero-order valence-electron chi connectivity index (χ0n) is 35.2. The van der Waals surface area contributed by atoms with Crippen molar-refractivity contribution in [3.05, 3.63) is 236 Å². The molecule has 0 saturated heterocycles. The molecule has 0 aliphatic carbocycles. The molecule has 0 aliphatic rings. The molecule has 0 aliphatic heterocycles. The largest absolute Gasteiger partial charge is 0.309 e. The third-order valence-electron chi connectivity index (χ3n) is 13.0. The minimum Gasteiger partial charge on any atom is -0.309 e. The third kappa shape index (κ3) is 6.26. The zero-order valence-corrected chi connectivity index (χ0v) is 35.2. The lowest BCUT2D eigenvalue weighted by atomic mass is 9.82. The maximum Gasteiger partial charge on any atom is 0.0991 e. The van der Waals surface area contributed by atoms with Crippen molar-refractivity contribution in [3.8, 4) is 45.5 Å². The quantitative estimate of drug-likeness (QED) is 0.124. The zero-order chi connectivity index (χ0) is 43.4. The molecule has 3 heteroatoms. The van der Waals surface area contributed by atoms with Gasteiger partial charge in [0.25, 0.3) is 0 Å². The van der Waals surface area contributed by atoms with Crippen LogP contribution in [-0.4, -0.2) is 0 Å². The van der Waals surface area contributed by atoms with Gasteiger partial charge in [-0.3, -0.25) is 0 Å². The summed E-state index contributed by atoms with van der Waals surface area (Å²) in [6, 6.07) is 84.6. The highest BCUT2D eigenvalue weighted by Gasteiger charge is 2.26. The van der Waals surface area contributed by atoms with E-state index in [1.807, 2.05) is 24.3 Å². The molecule has 0 aromatic heterocycles. The summed E-state index contributed by atoms with van der Waals surface area (Å²) < 4.78 is 0. The van der Waals surface area contributed by atoms with Gasteiger partial charge < -0.3 is 4.90 Å². The van der Waals surface area contributed by atoms with Gasteiger partial charge in [0.2, 0.25) is 0 Å². The van der Waals surface area contributed by atoms with Crippen LogP contribution < -0.4 is 4.90 Å². The van der Waals surface area contributed by atoms with Gasteiger partial charge in [-0.25, -0.2) is 0 Å². The summed E-state index contributed by atoms with van der Waals surface area (Å²) >= 11 is 0. The van der Waals surface area contributed by atoms with Crippen molar-refractivity contribution in [2.45, 2.75) is 0 Å². The number of nitrogens with zero attached hydrogens (tertiary/aromatic N) is 3. The average Bonchev–Trinajstić information content (AvgIpc) is 3.37. The number of hydrogen-bond donors (Lipinski definition) is 0. The van der Waals surface area contributed by atoms with Crippen molar-refractivity contribution < 1.29 is 0 Å². The number of anilines is 3. The van der Waals surface area contributed by atoms with Crippen molar-refractivity contribution in [3.63, 3.8) is 0 Å². The van der Waals surface area contributed by atoms with E-state index in [2.05, 4.69) is 217 Å². The van der Waals surface area contributed by atoms with Gasteiger partial charge >= 0.3 is 0 Å². The second kappa shape index (κ2) is 15.4. The lowest BCUT2D eigenvalue weighted by Gasteiger charge is -2.31. The molecule has 12 aromatic rings. The van der Waals surface area contributed by atoms with Gasteiger partial charge in [-0.15, -0.1) is 0 Å². The number of rotatable bonds is 6. The van der Waals surface area contributed by atoms with Gasteiger partial charge in [0.05, 0.1) is 29.0 Å². The summed E-state index contributed by atoms with van der Waals surface area (Å²) in [5.41, 5.74) is 11.4. The molecule has 0 radical (unpaired) electrons. The van der Waals surface area contributed by atoms with Crippen LogP contribution in [0.2, 0.25) is 0 Å². The maximum atomic E-state index is 9.74. The molecule has 65 heavy (non-hydrogen) atoms. The minimum absolute atomic E-state index is 0.646. The molecule has 0 heterocycles. The highest BCUT2D eigenvalue weighted by Crippen LogP contribution is 2.52. The van der Waals surface area contributed by atoms with Crippen molar-refractivity contribution in [2.75, 3.05) is 4.90 Å². The monoisotopic (exact) mass is 823 g/mol. The van der Waals surface area contributed by atoms with Crippen LogP contribution in [0, 0.1) is 22.7 Å². The minimum atomic E-state index is 0.646. The molecule has 0 unspecified atom stereocenters. The van der Waals surface area contributed by atoms with Crippen LogP contribution in [0.15, 0.2) is 224 Å². The Labute approximate surface area is 376 Å². The molecule has 0 amide bonds. The van der Waals surface area contributed by atoms with Crippen molar-refractivity contribution in [2.24, 2.45) is 0 Å². The van der Waals surface area contributed by atoms with Gasteiger partial charge in [0.1, 0.15) is 0 Å². The molecule has 0 atom stereocenters. The number of para-hydroxylation sites is 2. The molecule has 0 fully saturated rings. The summed E-state index contributed by atoms with van der Waals surface area (Å²) in [5, 5.41) is 32.9. The van der Waals surface area contributed by atoms with Gasteiger partial charge in [0, 0.05) is 22.3 Å². The predicted molar refractivity (Wildman–Crippen MR) is 272 cm³/mol. The lowest BCUT2D eigenvalue weighted by Crippen LogP contribution is -2.12. The fourth-order valence-electron chi connectivity index (χ4n) is 10.1. The van der Waals surface area contributed by atoms with Crippen LogP contribution in [0.4, 0.5) is 17.1 Å². The molecule has 0 saturated carbocycles. The topological polar surface area (TPSA) is 50.8 Å². The summed E-state index contributed by atoms with van der Waals surface area (Å²) in [6.07, 6.45) is 0. The van der Waals surface area contributed by atoms with E-state index in [0.717, 1.165) is 110 Å². The average molecular weight is 824 g/mol. The van der Waals surface area contributed by atoms with Crippen LogP contribution in [0.25, 0.3) is 98.0 Å². The van der Waals surface area contributed by atoms with Crippen LogP contribution in [0.3, 0.4) is 0 Å². The molecule has 0 bridgehead atoms. The first-order chi connectivity index (χ1) is 32.1. The highest BCUT2D eigenvalue weighted by molar-refractivity contribution is 6.30. The Kier molecular flexibility index (Phi) is 8.94. The van der Waals surface area contributed by atoms with E-state index in [1.165, 1.54) is 5.39 Å². The Morgan fingerprint density at radius 1 is 0.277 bits per heavy atom. The first-order valence-corrected chi connectivity index (χ1v) is 21.9. The summed E-state index contributed by atoms with van der Waals surface area (Å²) in [4.78, 5) is 2.42. The van der Waals surface area contributed by atoms with Gasteiger partial charge in [-0.05, 0) is 160 Å². The SMILES string of the molecule is N#Cc1ccc2cc(-c3c4ccccc4c(-c4ccc5cc(C#N)ccc5c4)c4cc5c(cc34)c(-c3ccccc3)c(N(c3ccccc3)c3ccccc3)c3ccccc35)ccc2c1. The van der Waals surface area contributed by atoms with Gasteiger partial charge in [-0.2, -0.15) is 10.5 Å². The van der Waals surface area contributed by atoms with Crippen molar-refractivity contribution in [1.29, 1.82) is 10.5 Å². The van der Waals surface area contributed by atoms with Crippen LogP contribution in [-0.2, 0) is 0 Å². The summed E-state index contributed by atoms with van der Waals surface area (Å²) in [5.74, 6) is 0. The number of fused-ring (bicyclic) bond motifs is 7. The Balaban J connectivity index is 1.29. The van der Waals surface area contributed by atoms with E-state index in [1.54, 1.807) is 0 Å². The molecule has 0 N–H and O–H groups in total. The Morgan fingerprint density at radius 3 is 1.18 bits per heavy atom. The Morgan fingerprint density at radius 2 is 0.677 bits per heavy atom.